The van der Waals surface area contributed by atoms with Crippen molar-refractivity contribution in [3.8, 4) is 0 Å². The van der Waals surface area contributed by atoms with Crippen LogP contribution in [0.2, 0.25) is 0 Å². The molecule has 2 aromatic rings. The van der Waals surface area contributed by atoms with Gasteiger partial charge in [0.15, 0.2) is 5.82 Å². The van der Waals surface area contributed by atoms with Crippen LogP contribution in [0.5, 0.6) is 0 Å². The SMILES string of the molecule is Cc1nn(C(C)(C)c2ncn(C(C)C)n2)cc1N. The van der Waals surface area contributed by atoms with Crippen LogP contribution in [0, 0.1) is 6.92 Å². The molecule has 0 unspecified atom stereocenters. The highest BCUT2D eigenvalue weighted by Crippen LogP contribution is 2.24. The van der Waals surface area contributed by atoms with Crippen LogP contribution in [-0.2, 0) is 5.54 Å². The van der Waals surface area contributed by atoms with Gasteiger partial charge in [-0.1, -0.05) is 0 Å². The molecule has 0 saturated heterocycles. The van der Waals surface area contributed by atoms with Gasteiger partial charge in [0.1, 0.15) is 11.9 Å². The Balaban J connectivity index is 2.40. The highest BCUT2D eigenvalue weighted by molar-refractivity contribution is 5.40. The van der Waals surface area contributed by atoms with Crippen LogP contribution in [0.25, 0.3) is 0 Å². The second-order valence-corrected chi connectivity index (χ2v) is 5.32. The van der Waals surface area contributed by atoms with Crippen LogP contribution in [0.4, 0.5) is 5.69 Å². The molecule has 18 heavy (non-hydrogen) atoms. The smallest absolute Gasteiger partial charge is 0.177 e. The normalized spacial score (nSPS) is 12.3. The second-order valence-electron chi connectivity index (χ2n) is 5.32. The topological polar surface area (TPSA) is 74.5 Å². The van der Waals surface area contributed by atoms with Gasteiger partial charge in [-0.3, -0.25) is 9.36 Å². The molecule has 0 saturated carbocycles. The third-order valence-electron chi connectivity index (χ3n) is 3.09. The Morgan fingerprint density at radius 3 is 2.39 bits per heavy atom. The van der Waals surface area contributed by atoms with Gasteiger partial charge in [-0.15, -0.1) is 0 Å². The first-order valence-electron chi connectivity index (χ1n) is 6.06. The van der Waals surface area contributed by atoms with Crippen molar-refractivity contribution >= 4 is 5.69 Å². The van der Waals surface area contributed by atoms with Crippen molar-refractivity contribution in [3.63, 3.8) is 0 Å². The monoisotopic (exact) mass is 248 g/mol. The lowest BCUT2D eigenvalue weighted by Crippen LogP contribution is -2.30. The van der Waals surface area contributed by atoms with Crippen LogP contribution < -0.4 is 5.73 Å². The number of aromatic nitrogens is 5. The van der Waals surface area contributed by atoms with Crippen LogP contribution in [0.15, 0.2) is 12.5 Å². The fourth-order valence-corrected chi connectivity index (χ4v) is 1.67. The van der Waals surface area contributed by atoms with Crippen LogP contribution >= 0.6 is 0 Å². The van der Waals surface area contributed by atoms with Crippen LogP contribution in [0.3, 0.4) is 0 Å². The van der Waals surface area contributed by atoms with E-state index in [0.29, 0.717) is 11.7 Å². The van der Waals surface area contributed by atoms with Crippen molar-refractivity contribution in [1.29, 1.82) is 0 Å². The first-order valence-corrected chi connectivity index (χ1v) is 6.06. The lowest BCUT2D eigenvalue weighted by Gasteiger charge is -2.21. The molecule has 0 aliphatic carbocycles. The summed E-state index contributed by atoms with van der Waals surface area (Å²) in [5.41, 5.74) is 6.94. The first-order chi connectivity index (χ1) is 8.32. The molecule has 0 bridgehead atoms. The standard InChI is InChI=1S/C12H20N6/c1-8(2)17-7-14-11(16-17)12(4,5)18-6-10(13)9(3)15-18/h6-8H,13H2,1-5H3. The predicted octanol–water partition coefficient (Wildman–Crippen LogP) is 1.73. The van der Waals surface area contributed by atoms with Gasteiger partial charge in [-0.05, 0) is 34.6 Å². The molecule has 0 fully saturated rings. The zero-order valence-corrected chi connectivity index (χ0v) is 11.5. The maximum Gasteiger partial charge on any atom is 0.177 e. The zero-order valence-electron chi connectivity index (χ0n) is 11.5. The van der Waals surface area contributed by atoms with Crippen molar-refractivity contribution in [2.75, 3.05) is 5.73 Å². The lowest BCUT2D eigenvalue weighted by atomic mass is 10.1. The van der Waals surface area contributed by atoms with Gasteiger partial charge in [-0.25, -0.2) is 4.98 Å². The van der Waals surface area contributed by atoms with Crippen molar-refractivity contribution < 1.29 is 0 Å². The highest BCUT2D eigenvalue weighted by atomic mass is 15.4. The number of rotatable bonds is 3. The van der Waals surface area contributed by atoms with E-state index in [1.165, 1.54) is 0 Å². The molecule has 0 aromatic carbocycles. The molecule has 0 spiro atoms. The van der Waals surface area contributed by atoms with E-state index in [0.717, 1.165) is 11.5 Å². The van der Waals surface area contributed by atoms with Gasteiger partial charge in [0.05, 0.1) is 11.4 Å². The number of hydrogen-bond acceptors (Lipinski definition) is 4. The molecule has 0 atom stereocenters. The third kappa shape index (κ3) is 1.98. The summed E-state index contributed by atoms with van der Waals surface area (Å²) in [6.07, 6.45) is 3.58. The van der Waals surface area contributed by atoms with E-state index in [1.54, 1.807) is 6.33 Å². The molecule has 0 aliphatic rings. The van der Waals surface area contributed by atoms with Gasteiger partial charge in [0, 0.05) is 12.2 Å². The Hall–Kier alpha value is -1.85. The van der Waals surface area contributed by atoms with E-state index in [1.807, 2.05) is 36.3 Å². The van der Waals surface area contributed by atoms with E-state index >= 15 is 0 Å². The van der Waals surface area contributed by atoms with Crippen LogP contribution in [0.1, 0.15) is 45.3 Å². The van der Waals surface area contributed by atoms with Crippen molar-refractivity contribution in [1.82, 2.24) is 24.5 Å². The van der Waals surface area contributed by atoms with Crippen molar-refractivity contribution in [2.24, 2.45) is 0 Å². The minimum absolute atomic E-state index is 0.298. The summed E-state index contributed by atoms with van der Waals surface area (Å²) in [6, 6.07) is 0.298. The molecule has 2 N–H and O–H groups in total. The second kappa shape index (κ2) is 4.12. The largest absolute Gasteiger partial charge is 0.396 e. The number of hydrogen-bond donors (Lipinski definition) is 1. The third-order valence-corrected chi connectivity index (χ3v) is 3.09. The molecule has 6 nitrogen and oxygen atoms in total. The number of nitrogen functional groups attached to an aromatic ring is 1. The van der Waals surface area contributed by atoms with Gasteiger partial charge >= 0.3 is 0 Å². The fourth-order valence-electron chi connectivity index (χ4n) is 1.67. The molecule has 2 rings (SSSR count). The first kappa shape index (κ1) is 12.6. The number of nitrogens with two attached hydrogens (primary N) is 1. The zero-order chi connectivity index (χ0) is 13.5. The van der Waals surface area contributed by atoms with Gasteiger partial charge in [-0.2, -0.15) is 10.2 Å². The summed E-state index contributed by atoms with van der Waals surface area (Å²) in [4.78, 5) is 4.37. The highest BCUT2D eigenvalue weighted by Gasteiger charge is 2.29. The maximum atomic E-state index is 5.84. The average Bonchev–Trinajstić information content (AvgIpc) is 2.87. The van der Waals surface area contributed by atoms with E-state index < -0.39 is 5.54 Å². The Morgan fingerprint density at radius 1 is 1.28 bits per heavy atom. The average molecular weight is 248 g/mol. The van der Waals surface area contributed by atoms with E-state index in [-0.39, 0.29) is 0 Å². The Kier molecular flexibility index (Phi) is 2.88. The summed E-state index contributed by atoms with van der Waals surface area (Å²) >= 11 is 0. The molecule has 0 amide bonds. The number of nitrogens with zero attached hydrogens (tertiary/aromatic N) is 5. The van der Waals surface area contributed by atoms with E-state index in [4.69, 9.17) is 5.73 Å². The summed E-state index contributed by atoms with van der Waals surface area (Å²) in [7, 11) is 0. The molecule has 2 heterocycles. The van der Waals surface area contributed by atoms with Crippen molar-refractivity contribution in [2.45, 2.75) is 46.2 Å². The van der Waals surface area contributed by atoms with Gasteiger partial charge in [0.25, 0.3) is 0 Å². The van der Waals surface area contributed by atoms with E-state index in [2.05, 4.69) is 29.0 Å². The molecule has 98 valence electrons. The maximum absolute atomic E-state index is 5.84. The lowest BCUT2D eigenvalue weighted by molar-refractivity contribution is 0.361. The van der Waals surface area contributed by atoms with E-state index in [9.17, 15) is 0 Å². The Morgan fingerprint density at radius 2 is 1.94 bits per heavy atom. The van der Waals surface area contributed by atoms with Gasteiger partial charge < -0.3 is 5.73 Å². The van der Waals surface area contributed by atoms with Gasteiger partial charge in [0.2, 0.25) is 0 Å². The summed E-state index contributed by atoms with van der Waals surface area (Å²) in [5.74, 6) is 0.735. The van der Waals surface area contributed by atoms with Crippen molar-refractivity contribution in [3.05, 3.63) is 24.0 Å². The molecule has 6 heteroatoms. The fraction of sp³-hybridized carbons (Fsp3) is 0.583. The quantitative estimate of drug-likeness (QED) is 0.897. The molecule has 0 aliphatic heterocycles. The number of anilines is 1. The van der Waals surface area contributed by atoms with Crippen LogP contribution in [-0.4, -0.2) is 24.5 Å². The number of aryl methyl sites for hydroxylation is 1. The minimum atomic E-state index is -0.414. The Labute approximate surface area is 107 Å². The summed E-state index contributed by atoms with van der Waals surface area (Å²) < 4.78 is 3.66. The predicted molar refractivity (Wildman–Crippen MR) is 70.2 cm³/mol. The molecular weight excluding hydrogens is 228 g/mol. The molecule has 0 radical (unpaired) electrons. The molecule has 2 aromatic heterocycles. The minimum Gasteiger partial charge on any atom is -0.396 e. The Bertz CT molecular complexity index is 529. The summed E-state index contributed by atoms with van der Waals surface area (Å²) in [6.45, 7) is 10.1. The molecular formula is C12H20N6. The summed E-state index contributed by atoms with van der Waals surface area (Å²) in [5, 5.41) is 8.92.